The molecule has 1 N–H and O–H groups in total. The van der Waals surface area contributed by atoms with Crippen LogP contribution in [0.5, 0.6) is 5.75 Å². The number of hydrogen-bond acceptors (Lipinski definition) is 5. The summed E-state index contributed by atoms with van der Waals surface area (Å²) in [5.41, 5.74) is -0.272. The maximum atomic E-state index is 12.1. The third-order valence-electron chi connectivity index (χ3n) is 3.34. The van der Waals surface area contributed by atoms with Gasteiger partial charge in [0.25, 0.3) is 0 Å². The van der Waals surface area contributed by atoms with E-state index in [0.717, 1.165) is 0 Å². The van der Waals surface area contributed by atoms with Gasteiger partial charge in [-0.25, -0.2) is 0 Å². The number of nitrogens with zero attached hydrogens (tertiary/aromatic N) is 1. The number of Topliss-reactive ketones (excluding diaryl/α,β-unsaturated/α-hetero) is 1. The fourth-order valence-corrected chi connectivity index (χ4v) is 2.03. The second-order valence-corrected chi connectivity index (χ2v) is 6.60. The molecule has 0 saturated carbocycles. The van der Waals surface area contributed by atoms with Crippen LogP contribution >= 0.6 is 0 Å². The highest BCUT2D eigenvalue weighted by molar-refractivity contribution is 5.82. The van der Waals surface area contributed by atoms with Gasteiger partial charge >= 0.3 is 5.69 Å². The van der Waals surface area contributed by atoms with Crippen LogP contribution in [0.2, 0.25) is 0 Å². The summed E-state index contributed by atoms with van der Waals surface area (Å²) in [6.45, 7) is 7.29. The Morgan fingerprint density at radius 3 is 2.50 bits per heavy atom. The minimum absolute atomic E-state index is 0.0540. The lowest BCUT2D eigenvalue weighted by Crippen LogP contribution is -2.32. The Morgan fingerprint density at radius 2 is 1.95 bits per heavy atom. The quantitative estimate of drug-likeness (QED) is 0.617. The van der Waals surface area contributed by atoms with E-state index in [0.29, 0.717) is 6.42 Å². The lowest BCUT2D eigenvalue weighted by molar-refractivity contribution is -0.385. The normalized spacial score (nSPS) is 14.2. The predicted octanol–water partition coefficient (Wildman–Crippen LogP) is 2.98. The average Bonchev–Trinajstić information content (AvgIpc) is 2.42. The number of rotatable bonds is 7. The van der Waals surface area contributed by atoms with Gasteiger partial charge in [0, 0.05) is 12.0 Å². The molecule has 0 radical (unpaired) electrons. The molecule has 0 aliphatic rings. The number of para-hydroxylation sites is 2. The Morgan fingerprint density at radius 1 is 1.36 bits per heavy atom. The van der Waals surface area contributed by atoms with E-state index in [1.54, 1.807) is 13.0 Å². The first-order valence-electron chi connectivity index (χ1n) is 7.19. The Balaban J connectivity index is 2.65. The molecule has 0 heterocycles. The van der Waals surface area contributed by atoms with Crippen molar-refractivity contribution in [1.29, 1.82) is 0 Å². The second-order valence-electron chi connectivity index (χ2n) is 6.60. The van der Waals surface area contributed by atoms with Crippen LogP contribution in [0, 0.1) is 21.4 Å². The van der Waals surface area contributed by atoms with Gasteiger partial charge in [-0.15, -0.1) is 0 Å². The van der Waals surface area contributed by atoms with Crippen molar-refractivity contribution in [3.05, 3.63) is 34.4 Å². The van der Waals surface area contributed by atoms with Crippen molar-refractivity contribution in [3.8, 4) is 5.75 Å². The highest BCUT2D eigenvalue weighted by Gasteiger charge is 2.27. The molecule has 0 fully saturated rings. The van der Waals surface area contributed by atoms with E-state index in [9.17, 15) is 20.0 Å². The summed E-state index contributed by atoms with van der Waals surface area (Å²) >= 11 is 0. The van der Waals surface area contributed by atoms with Gasteiger partial charge in [0.1, 0.15) is 6.61 Å². The van der Waals surface area contributed by atoms with Crippen LogP contribution in [0.15, 0.2) is 24.3 Å². The Bertz CT molecular complexity index is 536. The largest absolute Gasteiger partial charge is 0.479 e. The molecule has 0 bridgehead atoms. The molecule has 6 nitrogen and oxygen atoms in total. The molecule has 122 valence electrons. The van der Waals surface area contributed by atoms with Crippen molar-refractivity contribution < 1.29 is 19.6 Å². The first kappa shape index (κ1) is 18.1. The lowest BCUT2D eigenvalue weighted by Gasteiger charge is -2.25. The molecule has 6 heteroatoms. The summed E-state index contributed by atoms with van der Waals surface area (Å²) in [6.07, 6.45) is -0.271. The Kier molecular flexibility index (Phi) is 6.05. The van der Waals surface area contributed by atoms with Gasteiger partial charge in [-0.3, -0.25) is 14.9 Å². The monoisotopic (exact) mass is 309 g/mol. The van der Waals surface area contributed by atoms with E-state index in [-0.39, 0.29) is 29.2 Å². The molecule has 1 rings (SSSR count). The number of hydrogen-bond donors (Lipinski definition) is 1. The van der Waals surface area contributed by atoms with Crippen molar-refractivity contribution >= 4 is 11.5 Å². The summed E-state index contributed by atoms with van der Waals surface area (Å²) in [4.78, 5) is 22.4. The van der Waals surface area contributed by atoms with E-state index >= 15 is 0 Å². The number of benzene rings is 1. The summed E-state index contributed by atoms with van der Waals surface area (Å²) in [7, 11) is 0. The van der Waals surface area contributed by atoms with E-state index in [2.05, 4.69) is 0 Å². The van der Waals surface area contributed by atoms with Crippen LogP contribution in [0.4, 0.5) is 5.69 Å². The standard InChI is InChI=1S/C16H23NO5/c1-11(13(18)9-16(2,3)4)14(19)10-22-15-8-6-5-7-12(15)17(20)21/h5-8,11,13,18H,9-10H2,1-4H3. The number of aliphatic hydroxyl groups is 1. The zero-order valence-corrected chi connectivity index (χ0v) is 13.4. The van der Waals surface area contributed by atoms with E-state index in [4.69, 9.17) is 4.74 Å². The maximum absolute atomic E-state index is 12.1. The minimum atomic E-state index is -0.762. The molecule has 22 heavy (non-hydrogen) atoms. The summed E-state index contributed by atoms with van der Waals surface area (Å²) in [5.74, 6) is -0.810. The van der Waals surface area contributed by atoms with Crippen LogP contribution in [0.3, 0.4) is 0 Å². The average molecular weight is 309 g/mol. The van der Waals surface area contributed by atoms with Crippen LogP contribution in [0.1, 0.15) is 34.1 Å². The molecular weight excluding hydrogens is 286 g/mol. The van der Waals surface area contributed by atoms with Crippen molar-refractivity contribution in [2.24, 2.45) is 11.3 Å². The summed E-state index contributed by atoms with van der Waals surface area (Å²) in [6, 6.07) is 5.90. The van der Waals surface area contributed by atoms with Gasteiger partial charge in [0.05, 0.1) is 11.0 Å². The first-order chi connectivity index (χ1) is 10.1. The molecular formula is C16H23NO5. The van der Waals surface area contributed by atoms with Crippen LogP contribution < -0.4 is 4.74 Å². The fourth-order valence-electron chi connectivity index (χ4n) is 2.03. The number of carbonyl (C=O) groups excluding carboxylic acids is 1. The molecule has 0 aliphatic heterocycles. The van der Waals surface area contributed by atoms with E-state index in [1.807, 2.05) is 20.8 Å². The third kappa shape index (κ3) is 5.44. The molecule has 0 saturated heterocycles. The molecule has 2 atom stereocenters. The molecule has 0 aliphatic carbocycles. The maximum Gasteiger partial charge on any atom is 0.310 e. The lowest BCUT2D eigenvalue weighted by atomic mass is 9.84. The van der Waals surface area contributed by atoms with Crippen LogP contribution in [-0.2, 0) is 4.79 Å². The number of nitro groups is 1. The van der Waals surface area contributed by atoms with Crippen LogP contribution in [-0.4, -0.2) is 28.5 Å². The molecule has 0 spiro atoms. The third-order valence-corrected chi connectivity index (χ3v) is 3.34. The number of ketones is 1. The topological polar surface area (TPSA) is 89.7 Å². The number of carbonyl (C=O) groups is 1. The van der Waals surface area contributed by atoms with Crippen molar-refractivity contribution in [1.82, 2.24) is 0 Å². The first-order valence-corrected chi connectivity index (χ1v) is 7.19. The van der Waals surface area contributed by atoms with E-state index < -0.39 is 16.9 Å². The smallest absolute Gasteiger partial charge is 0.310 e. The summed E-state index contributed by atoms with van der Waals surface area (Å²) in [5, 5.41) is 20.9. The van der Waals surface area contributed by atoms with Crippen LogP contribution in [0.25, 0.3) is 0 Å². The van der Waals surface area contributed by atoms with Gasteiger partial charge in [-0.05, 0) is 17.9 Å². The minimum Gasteiger partial charge on any atom is -0.479 e. The Hall–Kier alpha value is -1.95. The molecule has 1 aromatic rings. The van der Waals surface area contributed by atoms with E-state index in [1.165, 1.54) is 18.2 Å². The number of ether oxygens (including phenoxy) is 1. The van der Waals surface area contributed by atoms with Gasteiger partial charge in [0.15, 0.2) is 11.5 Å². The highest BCUT2D eigenvalue weighted by Crippen LogP contribution is 2.27. The van der Waals surface area contributed by atoms with Gasteiger partial charge in [0.2, 0.25) is 0 Å². The summed E-state index contributed by atoms with van der Waals surface area (Å²) < 4.78 is 5.26. The van der Waals surface area contributed by atoms with Crippen molar-refractivity contribution in [2.45, 2.75) is 40.2 Å². The van der Waals surface area contributed by atoms with Crippen molar-refractivity contribution in [2.75, 3.05) is 6.61 Å². The molecule has 1 aromatic carbocycles. The number of aliphatic hydroxyl groups excluding tert-OH is 1. The van der Waals surface area contributed by atoms with Gasteiger partial charge in [-0.2, -0.15) is 0 Å². The second kappa shape index (κ2) is 7.35. The SMILES string of the molecule is CC(C(=O)COc1ccccc1[N+](=O)[O-])C(O)CC(C)(C)C. The molecule has 0 aromatic heterocycles. The molecule has 2 unspecified atom stereocenters. The van der Waals surface area contributed by atoms with Crippen molar-refractivity contribution in [3.63, 3.8) is 0 Å². The highest BCUT2D eigenvalue weighted by atomic mass is 16.6. The fraction of sp³-hybridized carbons (Fsp3) is 0.562. The predicted molar refractivity (Wildman–Crippen MR) is 82.8 cm³/mol. The number of nitro benzene ring substituents is 1. The Labute approximate surface area is 130 Å². The van der Waals surface area contributed by atoms with Gasteiger partial charge in [-0.1, -0.05) is 39.8 Å². The molecule has 0 amide bonds. The van der Waals surface area contributed by atoms with Gasteiger partial charge < -0.3 is 9.84 Å². The zero-order chi connectivity index (χ0) is 16.9. The zero-order valence-electron chi connectivity index (χ0n) is 13.4.